The first-order valence-electron chi connectivity index (χ1n) is 9.06. The molecule has 0 radical (unpaired) electrons. The largest absolute Gasteiger partial charge is 0.397 e. The molecular formula is C21H26FN3O. The Kier molecular flexibility index (Phi) is 5.16. The van der Waals surface area contributed by atoms with Crippen LogP contribution in [0.4, 0.5) is 21.5 Å². The molecule has 5 heteroatoms. The van der Waals surface area contributed by atoms with Crippen molar-refractivity contribution in [1.82, 2.24) is 0 Å². The third-order valence-corrected chi connectivity index (χ3v) is 4.94. The van der Waals surface area contributed by atoms with Gasteiger partial charge in [-0.05, 0) is 55.0 Å². The van der Waals surface area contributed by atoms with Gasteiger partial charge in [0.1, 0.15) is 5.82 Å². The maximum Gasteiger partial charge on any atom is 0.258 e. The smallest absolute Gasteiger partial charge is 0.258 e. The summed E-state index contributed by atoms with van der Waals surface area (Å²) in [5.74, 6) is 0.193. The molecule has 3 N–H and O–H groups in total. The zero-order chi connectivity index (χ0) is 18.8. The summed E-state index contributed by atoms with van der Waals surface area (Å²) in [5.41, 5.74) is 9.27. The molecule has 1 heterocycles. The van der Waals surface area contributed by atoms with Crippen LogP contribution in [0.25, 0.3) is 0 Å². The Bertz CT molecular complexity index is 811. The molecule has 0 saturated carbocycles. The highest BCUT2D eigenvalue weighted by Crippen LogP contribution is 2.33. The predicted molar refractivity (Wildman–Crippen MR) is 105 cm³/mol. The van der Waals surface area contributed by atoms with Crippen LogP contribution in [0.1, 0.15) is 36.2 Å². The lowest BCUT2D eigenvalue weighted by molar-refractivity contribution is 0.102. The van der Waals surface area contributed by atoms with E-state index in [1.54, 1.807) is 12.1 Å². The summed E-state index contributed by atoms with van der Waals surface area (Å²) < 4.78 is 13.9. The first-order valence-corrected chi connectivity index (χ1v) is 9.06. The van der Waals surface area contributed by atoms with Crippen molar-refractivity contribution in [3.8, 4) is 0 Å². The number of carbonyl (C=O) groups is 1. The molecule has 2 aromatic carbocycles. The Labute approximate surface area is 154 Å². The Morgan fingerprint density at radius 2 is 1.85 bits per heavy atom. The van der Waals surface area contributed by atoms with Gasteiger partial charge in [-0.1, -0.05) is 26.0 Å². The van der Waals surface area contributed by atoms with Gasteiger partial charge in [0.05, 0.1) is 16.9 Å². The number of nitrogens with zero attached hydrogens (tertiary/aromatic N) is 1. The number of nitrogens with two attached hydrogens (primary N) is 1. The van der Waals surface area contributed by atoms with E-state index in [0.717, 1.165) is 24.3 Å². The number of hydrogen-bond donors (Lipinski definition) is 2. The summed E-state index contributed by atoms with van der Waals surface area (Å²) in [6.07, 6.45) is 1.22. The van der Waals surface area contributed by atoms with Gasteiger partial charge in [0.15, 0.2) is 0 Å². The third kappa shape index (κ3) is 3.82. The number of aryl methyl sites for hydroxylation is 1. The van der Waals surface area contributed by atoms with Gasteiger partial charge in [-0.25, -0.2) is 4.39 Å². The highest BCUT2D eigenvalue weighted by molar-refractivity contribution is 6.06. The molecule has 26 heavy (non-hydrogen) atoms. The number of nitrogens with one attached hydrogen (secondary N) is 1. The molecule has 1 aliphatic heterocycles. The van der Waals surface area contributed by atoms with E-state index < -0.39 is 11.7 Å². The number of anilines is 3. The summed E-state index contributed by atoms with van der Waals surface area (Å²) in [7, 11) is 0. The van der Waals surface area contributed by atoms with Crippen LogP contribution in [-0.4, -0.2) is 19.0 Å². The molecular weight excluding hydrogens is 329 g/mol. The first-order chi connectivity index (χ1) is 12.3. The van der Waals surface area contributed by atoms with Crippen LogP contribution in [0.5, 0.6) is 0 Å². The molecule has 1 saturated heterocycles. The standard InChI is InChI=1S/C21H26FN3O/c1-13-8-14(2)12-25(11-13)20-10-19(18(23)9-15(20)3)24-21(26)16-6-4-5-7-17(16)22/h4-7,9-10,13-14H,8,11-12,23H2,1-3H3,(H,24,26)/t13-,14-/m0/s1. The maximum absolute atomic E-state index is 13.9. The monoisotopic (exact) mass is 355 g/mol. The first kappa shape index (κ1) is 18.2. The highest BCUT2D eigenvalue weighted by atomic mass is 19.1. The van der Waals surface area contributed by atoms with Crippen LogP contribution in [0.3, 0.4) is 0 Å². The molecule has 3 rings (SSSR count). The van der Waals surface area contributed by atoms with E-state index in [0.29, 0.717) is 23.2 Å². The summed E-state index contributed by atoms with van der Waals surface area (Å²) >= 11 is 0. The Morgan fingerprint density at radius 1 is 1.19 bits per heavy atom. The van der Waals surface area contributed by atoms with Crippen LogP contribution in [0.2, 0.25) is 0 Å². The second kappa shape index (κ2) is 7.36. The van der Waals surface area contributed by atoms with E-state index >= 15 is 0 Å². The van der Waals surface area contributed by atoms with Crippen molar-refractivity contribution in [1.29, 1.82) is 0 Å². The molecule has 0 bridgehead atoms. The van der Waals surface area contributed by atoms with Crippen LogP contribution in [0, 0.1) is 24.6 Å². The van der Waals surface area contributed by atoms with E-state index in [2.05, 4.69) is 24.1 Å². The van der Waals surface area contributed by atoms with Crippen LogP contribution >= 0.6 is 0 Å². The van der Waals surface area contributed by atoms with Crippen molar-refractivity contribution in [3.63, 3.8) is 0 Å². The molecule has 0 unspecified atom stereocenters. The number of amides is 1. The van der Waals surface area contributed by atoms with Crippen LogP contribution < -0.4 is 16.0 Å². The van der Waals surface area contributed by atoms with Gasteiger partial charge in [0.2, 0.25) is 0 Å². The van der Waals surface area contributed by atoms with Crippen LogP contribution in [-0.2, 0) is 0 Å². The quantitative estimate of drug-likeness (QED) is 0.800. The van der Waals surface area contributed by atoms with Crippen molar-refractivity contribution < 1.29 is 9.18 Å². The summed E-state index contributed by atoms with van der Waals surface area (Å²) in [4.78, 5) is 14.8. The normalized spacial score (nSPS) is 20.1. The minimum atomic E-state index is -0.547. The fourth-order valence-electron chi connectivity index (χ4n) is 3.86. The minimum Gasteiger partial charge on any atom is -0.397 e. The molecule has 4 nitrogen and oxygen atoms in total. The fourth-order valence-corrected chi connectivity index (χ4v) is 3.86. The second-order valence-corrected chi connectivity index (χ2v) is 7.51. The van der Waals surface area contributed by atoms with Gasteiger partial charge >= 0.3 is 0 Å². The molecule has 0 aromatic heterocycles. The van der Waals surface area contributed by atoms with Crippen molar-refractivity contribution in [3.05, 3.63) is 53.3 Å². The molecule has 1 amide bonds. The van der Waals surface area contributed by atoms with Crippen molar-refractivity contribution in [2.24, 2.45) is 11.8 Å². The van der Waals surface area contributed by atoms with Crippen molar-refractivity contribution >= 4 is 23.0 Å². The van der Waals surface area contributed by atoms with E-state index in [1.165, 1.54) is 18.6 Å². The molecule has 138 valence electrons. The second-order valence-electron chi connectivity index (χ2n) is 7.51. The number of hydrogen-bond acceptors (Lipinski definition) is 3. The van der Waals surface area contributed by atoms with Crippen molar-refractivity contribution in [2.45, 2.75) is 27.2 Å². The summed E-state index contributed by atoms with van der Waals surface area (Å²) in [6, 6.07) is 9.71. The zero-order valence-corrected chi connectivity index (χ0v) is 15.6. The highest BCUT2D eigenvalue weighted by Gasteiger charge is 2.24. The summed E-state index contributed by atoms with van der Waals surface area (Å²) in [5, 5.41) is 2.77. The van der Waals surface area contributed by atoms with Gasteiger partial charge in [0.25, 0.3) is 5.91 Å². The molecule has 1 aliphatic rings. The average molecular weight is 355 g/mol. The maximum atomic E-state index is 13.9. The number of halogens is 1. The molecule has 1 fully saturated rings. The lowest BCUT2D eigenvalue weighted by atomic mass is 9.91. The molecule has 0 aliphatic carbocycles. The SMILES string of the molecule is Cc1cc(N)c(NC(=O)c2ccccc2F)cc1N1C[C@@H](C)C[C@H](C)C1. The van der Waals surface area contributed by atoms with Gasteiger partial charge in [-0.2, -0.15) is 0 Å². The molecule has 2 aromatic rings. The number of nitrogen functional groups attached to an aromatic ring is 1. The van der Waals surface area contributed by atoms with Crippen LogP contribution in [0.15, 0.2) is 36.4 Å². The van der Waals surface area contributed by atoms with E-state index in [1.807, 2.05) is 19.1 Å². The number of benzene rings is 2. The van der Waals surface area contributed by atoms with Gasteiger partial charge < -0.3 is 16.0 Å². The molecule has 2 atom stereocenters. The van der Waals surface area contributed by atoms with Gasteiger partial charge in [-0.3, -0.25) is 4.79 Å². The third-order valence-electron chi connectivity index (χ3n) is 4.94. The number of piperidine rings is 1. The van der Waals surface area contributed by atoms with E-state index in [-0.39, 0.29) is 5.56 Å². The Balaban J connectivity index is 1.89. The van der Waals surface area contributed by atoms with E-state index in [4.69, 9.17) is 5.73 Å². The fraction of sp³-hybridized carbons (Fsp3) is 0.381. The van der Waals surface area contributed by atoms with Gasteiger partial charge in [-0.15, -0.1) is 0 Å². The predicted octanol–water partition coefficient (Wildman–Crippen LogP) is 4.45. The van der Waals surface area contributed by atoms with E-state index in [9.17, 15) is 9.18 Å². The average Bonchev–Trinajstić information content (AvgIpc) is 2.56. The zero-order valence-electron chi connectivity index (χ0n) is 15.6. The van der Waals surface area contributed by atoms with Gasteiger partial charge in [0, 0.05) is 18.8 Å². The Morgan fingerprint density at radius 3 is 2.50 bits per heavy atom. The summed E-state index contributed by atoms with van der Waals surface area (Å²) in [6.45, 7) is 8.51. The topological polar surface area (TPSA) is 58.4 Å². The minimum absolute atomic E-state index is 0.00856. The van der Waals surface area contributed by atoms with Crippen molar-refractivity contribution in [2.75, 3.05) is 29.0 Å². The lowest BCUT2D eigenvalue weighted by Crippen LogP contribution is -2.39. The lowest BCUT2D eigenvalue weighted by Gasteiger charge is -2.37. The molecule has 0 spiro atoms. The number of rotatable bonds is 3. The number of carbonyl (C=O) groups excluding carboxylic acids is 1. The Hall–Kier alpha value is -2.56.